The summed E-state index contributed by atoms with van der Waals surface area (Å²) in [6, 6.07) is 18.4. The Labute approximate surface area is 260 Å². The van der Waals surface area contributed by atoms with E-state index in [-0.39, 0.29) is 11.7 Å². The lowest BCUT2D eigenvalue weighted by Gasteiger charge is -2.38. The molecule has 45 heavy (non-hydrogen) atoms. The lowest BCUT2D eigenvalue weighted by molar-refractivity contribution is -0.384. The van der Waals surface area contributed by atoms with Gasteiger partial charge in [-0.1, -0.05) is 32.1 Å². The van der Waals surface area contributed by atoms with Crippen LogP contribution in [0, 0.1) is 10.1 Å². The maximum Gasteiger partial charge on any atom is 0.337 e. The molecule has 1 N–H and O–H groups in total. The summed E-state index contributed by atoms with van der Waals surface area (Å²) in [5.74, 6) is 1.04. The zero-order valence-electron chi connectivity index (χ0n) is 25.2. The Balaban J connectivity index is 1.37. The van der Waals surface area contributed by atoms with Gasteiger partial charge in [0.1, 0.15) is 5.82 Å². The molecule has 1 saturated carbocycles. The van der Waals surface area contributed by atoms with Gasteiger partial charge < -0.3 is 19.4 Å². The van der Waals surface area contributed by atoms with E-state index in [1.807, 2.05) is 35.0 Å². The summed E-state index contributed by atoms with van der Waals surface area (Å²) in [5.41, 5.74) is 4.28. The molecular weight excluding hydrogens is 572 g/mol. The summed E-state index contributed by atoms with van der Waals surface area (Å²) in [4.78, 5) is 33.1. The van der Waals surface area contributed by atoms with Crippen molar-refractivity contribution in [3.05, 3.63) is 100 Å². The number of carbonyl (C=O) groups is 1. The Hall–Kier alpha value is -5.03. The predicted molar refractivity (Wildman–Crippen MR) is 169 cm³/mol. The first kappa shape index (κ1) is 28.7. The van der Waals surface area contributed by atoms with Crippen LogP contribution in [0.25, 0.3) is 28.1 Å². The van der Waals surface area contributed by atoms with E-state index in [0.29, 0.717) is 17.0 Å². The number of aromatic nitrogens is 4. The molecule has 1 fully saturated rings. The van der Waals surface area contributed by atoms with E-state index in [1.165, 1.54) is 38.5 Å². The van der Waals surface area contributed by atoms with E-state index in [1.54, 1.807) is 25.4 Å². The van der Waals surface area contributed by atoms with Crippen molar-refractivity contribution in [3.63, 3.8) is 0 Å². The summed E-state index contributed by atoms with van der Waals surface area (Å²) >= 11 is 0. The van der Waals surface area contributed by atoms with Crippen LogP contribution in [0.2, 0.25) is 0 Å². The molecule has 0 radical (unpaired) electrons. The van der Waals surface area contributed by atoms with Crippen LogP contribution in [0.3, 0.4) is 0 Å². The fourth-order valence-electron chi connectivity index (χ4n) is 6.88. The molecular formula is C34H34N6O5. The molecule has 11 heteroatoms. The number of imidazole rings is 2. The highest BCUT2D eigenvalue weighted by Gasteiger charge is 2.43. The van der Waals surface area contributed by atoms with Gasteiger partial charge in [-0.3, -0.25) is 14.7 Å². The number of fused-ring (bicyclic) bond motifs is 4. The highest BCUT2D eigenvalue weighted by molar-refractivity contribution is 5.94. The number of methoxy groups -OCH3 is 2. The van der Waals surface area contributed by atoms with Crippen LogP contribution in [0.1, 0.15) is 72.7 Å². The molecule has 2 aliphatic rings. The monoisotopic (exact) mass is 606 g/mol. The van der Waals surface area contributed by atoms with Gasteiger partial charge in [0.05, 0.1) is 40.0 Å². The maximum absolute atomic E-state index is 12.4. The molecule has 2 aromatic heterocycles. The van der Waals surface area contributed by atoms with Crippen LogP contribution in [-0.2, 0) is 15.2 Å². The van der Waals surface area contributed by atoms with Crippen LogP contribution >= 0.6 is 0 Å². The minimum absolute atomic E-state index is 0.00434. The van der Waals surface area contributed by atoms with Crippen molar-refractivity contribution in [2.24, 2.45) is 0 Å². The number of nitro benzene ring substituents is 1. The molecule has 1 unspecified atom stereocenters. The third-order valence-electron chi connectivity index (χ3n) is 9.12. The number of hydrogen-bond acceptors (Lipinski definition) is 8. The number of hydrogen-bond donors (Lipinski definition) is 1. The van der Waals surface area contributed by atoms with E-state index in [4.69, 9.17) is 14.5 Å². The van der Waals surface area contributed by atoms with Crippen molar-refractivity contribution < 1.29 is 19.2 Å². The summed E-state index contributed by atoms with van der Waals surface area (Å²) in [5, 5.41) is 14.9. The van der Waals surface area contributed by atoms with Gasteiger partial charge in [0.25, 0.3) is 5.69 Å². The van der Waals surface area contributed by atoms with Gasteiger partial charge in [-0.15, -0.1) is 0 Å². The Morgan fingerprint density at radius 3 is 2.47 bits per heavy atom. The first-order valence-electron chi connectivity index (χ1n) is 15.3. The second-order valence-corrected chi connectivity index (χ2v) is 11.7. The molecule has 230 valence electrons. The summed E-state index contributed by atoms with van der Waals surface area (Å²) < 4.78 is 15.5. The number of nitro groups is 1. The SMILES string of the molecule is COC(=O)c1ccc2c(c1)nc(-c1ccc3c(c1)NC(OC)(c1ccc([N+](=O)[O-])cc1)c1nccn1-3)n2C1CCCCCCC1. The normalized spacial score (nSPS) is 18.4. The fourth-order valence-corrected chi connectivity index (χ4v) is 6.88. The van der Waals surface area contributed by atoms with E-state index in [9.17, 15) is 14.9 Å². The van der Waals surface area contributed by atoms with Crippen LogP contribution in [0.4, 0.5) is 11.4 Å². The molecule has 7 rings (SSSR count). The molecule has 1 aliphatic carbocycles. The van der Waals surface area contributed by atoms with E-state index < -0.39 is 16.6 Å². The Morgan fingerprint density at radius 2 is 1.76 bits per heavy atom. The maximum atomic E-state index is 12.4. The number of carbonyl (C=O) groups excluding carboxylic acids is 1. The smallest absolute Gasteiger partial charge is 0.337 e. The number of anilines is 1. The zero-order valence-corrected chi connectivity index (χ0v) is 25.2. The number of nitrogens with zero attached hydrogens (tertiary/aromatic N) is 5. The third-order valence-corrected chi connectivity index (χ3v) is 9.12. The second-order valence-electron chi connectivity index (χ2n) is 11.7. The van der Waals surface area contributed by atoms with Crippen molar-refractivity contribution in [1.29, 1.82) is 0 Å². The van der Waals surface area contributed by atoms with Gasteiger partial charge in [0.2, 0.25) is 5.72 Å². The van der Waals surface area contributed by atoms with Crippen molar-refractivity contribution in [1.82, 2.24) is 19.1 Å². The Kier molecular flexibility index (Phi) is 7.33. The number of nitrogens with one attached hydrogen (secondary N) is 1. The molecule has 3 heterocycles. The highest BCUT2D eigenvalue weighted by Crippen LogP contribution is 2.44. The quantitative estimate of drug-likeness (QED) is 0.123. The Morgan fingerprint density at radius 1 is 1.00 bits per heavy atom. The van der Waals surface area contributed by atoms with Crippen LogP contribution in [0.5, 0.6) is 0 Å². The highest BCUT2D eigenvalue weighted by atomic mass is 16.6. The van der Waals surface area contributed by atoms with Gasteiger partial charge >= 0.3 is 5.97 Å². The second kappa shape index (κ2) is 11.5. The molecule has 0 amide bonds. The first-order chi connectivity index (χ1) is 21.9. The van der Waals surface area contributed by atoms with Crippen molar-refractivity contribution >= 4 is 28.4 Å². The van der Waals surface area contributed by atoms with Crippen LogP contribution in [-0.4, -0.2) is 44.2 Å². The molecule has 3 aromatic carbocycles. The number of non-ortho nitro benzene ring substituents is 1. The standard InChI is InChI=1S/C34H34N6O5/c1-44-32(41)23-11-17-30-27(21-23)36-31(39(30)25-8-6-4-3-5-7-9-25)22-10-16-29-28(20-22)37-34(45-2,33-35-18-19-38(29)33)24-12-14-26(15-13-24)40(42)43/h10-21,25,37H,3-9H2,1-2H3. The lowest BCUT2D eigenvalue weighted by atomic mass is 9.95. The van der Waals surface area contributed by atoms with Crippen LogP contribution < -0.4 is 5.32 Å². The molecule has 0 saturated heterocycles. The van der Waals surface area contributed by atoms with Gasteiger partial charge in [-0.2, -0.15) is 0 Å². The molecule has 11 nitrogen and oxygen atoms in total. The van der Waals surface area contributed by atoms with Gasteiger partial charge in [0.15, 0.2) is 5.82 Å². The van der Waals surface area contributed by atoms with Gasteiger partial charge in [-0.05, 0) is 61.4 Å². The minimum Gasteiger partial charge on any atom is -0.465 e. The molecule has 0 bridgehead atoms. The Bertz CT molecular complexity index is 1900. The van der Waals surface area contributed by atoms with Crippen LogP contribution in [0.15, 0.2) is 73.1 Å². The number of esters is 1. The molecule has 1 aliphatic heterocycles. The first-order valence-corrected chi connectivity index (χ1v) is 15.3. The minimum atomic E-state index is -1.20. The molecule has 0 spiro atoms. The van der Waals surface area contributed by atoms with E-state index in [2.05, 4.69) is 27.0 Å². The summed E-state index contributed by atoms with van der Waals surface area (Å²) in [6.07, 6.45) is 11.8. The van der Waals surface area contributed by atoms with Gasteiger partial charge in [0, 0.05) is 48.8 Å². The fraction of sp³-hybridized carbons (Fsp3) is 0.324. The average molecular weight is 607 g/mol. The molecule has 5 aromatic rings. The van der Waals surface area contributed by atoms with E-state index >= 15 is 0 Å². The number of rotatable bonds is 6. The zero-order chi connectivity index (χ0) is 31.1. The van der Waals surface area contributed by atoms with Crippen molar-refractivity contribution in [3.8, 4) is 17.1 Å². The number of ether oxygens (including phenoxy) is 2. The summed E-state index contributed by atoms with van der Waals surface area (Å²) in [6.45, 7) is 0. The number of benzene rings is 3. The summed E-state index contributed by atoms with van der Waals surface area (Å²) in [7, 11) is 2.98. The van der Waals surface area contributed by atoms with Gasteiger partial charge in [-0.25, -0.2) is 14.8 Å². The van der Waals surface area contributed by atoms with Crippen molar-refractivity contribution in [2.45, 2.75) is 56.7 Å². The lowest BCUT2D eigenvalue weighted by Crippen LogP contribution is -2.44. The molecule has 1 atom stereocenters. The average Bonchev–Trinajstić information content (AvgIpc) is 3.70. The predicted octanol–water partition coefficient (Wildman–Crippen LogP) is 7.14. The topological polar surface area (TPSA) is 126 Å². The van der Waals surface area contributed by atoms with Crippen molar-refractivity contribution in [2.75, 3.05) is 19.5 Å². The van der Waals surface area contributed by atoms with E-state index in [0.717, 1.165) is 59.5 Å². The largest absolute Gasteiger partial charge is 0.465 e. The third kappa shape index (κ3) is 4.83.